The lowest BCUT2D eigenvalue weighted by Crippen LogP contribution is -2.58. The number of ketones is 1. The first-order valence-electron chi connectivity index (χ1n) is 10.6. The standard InChI is InChI=1S/C23H30O7/c1-5-23(28)19(26)18(25)17-16-14(7-9-22(17,23)3)21(2)8-6-13(30-20(27)29-4)10-12(21)11-15(16)24/h1,11,13-18,24-25,28H,6-10H2,2-4H3/t13-,14?,15-,16?,17?,18-,21-,22-,23-/m0/s1. The highest BCUT2D eigenvalue weighted by molar-refractivity contribution is 5.98. The molecule has 0 aliphatic heterocycles. The number of Topliss-reactive ketones (excluding diaryl/α,β-unsaturated/α-hetero) is 1. The Morgan fingerprint density at radius 3 is 2.60 bits per heavy atom. The van der Waals surface area contributed by atoms with E-state index in [0.29, 0.717) is 25.7 Å². The smallest absolute Gasteiger partial charge is 0.438 e. The molecule has 7 nitrogen and oxygen atoms in total. The van der Waals surface area contributed by atoms with E-state index in [4.69, 9.17) is 11.2 Å². The number of methoxy groups -OCH3 is 1. The van der Waals surface area contributed by atoms with Crippen molar-refractivity contribution in [2.75, 3.05) is 7.11 Å². The van der Waals surface area contributed by atoms with E-state index >= 15 is 0 Å². The van der Waals surface area contributed by atoms with Gasteiger partial charge in [-0.25, -0.2) is 4.79 Å². The van der Waals surface area contributed by atoms with E-state index in [1.807, 2.05) is 0 Å². The van der Waals surface area contributed by atoms with Crippen LogP contribution in [0, 0.1) is 40.9 Å². The highest BCUT2D eigenvalue weighted by Gasteiger charge is 2.72. The zero-order valence-electron chi connectivity index (χ0n) is 17.6. The van der Waals surface area contributed by atoms with Gasteiger partial charge >= 0.3 is 6.16 Å². The minimum atomic E-state index is -2.03. The lowest BCUT2D eigenvalue weighted by Gasteiger charge is -2.59. The number of rotatable bonds is 1. The zero-order chi connectivity index (χ0) is 22.1. The normalized spacial score (nSPS) is 49.8. The summed E-state index contributed by atoms with van der Waals surface area (Å²) in [5.41, 5.74) is -2.24. The highest BCUT2D eigenvalue weighted by atomic mass is 16.7. The molecule has 4 aliphatic rings. The third-order valence-corrected chi connectivity index (χ3v) is 8.77. The van der Waals surface area contributed by atoms with E-state index in [0.717, 1.165) is 12.0 Å². The van der Waals surface area contributed by atoms with Crippen molar-refractivity contribution < 1.29 is 34.4 Å². The van der Waals surface area contributed by atoms with Crippen molar-refractivity contribution >= 4 is 11.9 Å². The van der Waals surface area contributed by atoms with Crippen molar-refractivity contribution in [1.29, 1.82) is 0 Å². The number of aliphatic hydroxyl groups is 3. The molecule has 0 aromatic heterocycles. The first kappa shape index (κ1) is 21.4. The number of hydrogen-bond donors (Lipinski definition) is 3. The van der Waals surface area contributed by atoms with Crippen LogP contribution in [0.1, 0.15) is 46.0 Å². The van der Waals surface area contributed by atoms with Gasteiger partial charge in [0.15, 0.2) is 5.60 Å². The summed E-state index contributed by atoms with van der Waals surface area (Å²) in [6, 6.07) is 0. The number of fused-ring (bicyclic) bond motifs is 5. The van der Waals surface area contributed by atoms with Gasteiger partial charge in [0, 0.05) is 17.8 Å². The maximum Gasteiger partial charge on any atom is 0.508 e. The predicted molar refractivity (Wildman–Crippen MR) is 106 cm³/mol. The van der Waals surface area contributed by atoms with E-state index in [-0.39, 0.29) is 17.4 Å². The van der Waals surface area contributed by atoms with Crippen LogP contribution in [-0.4, -0.2) is 58.3 Å². The molecule has 164 valence electrons. The predicted octanol–water partition coefficient (Wildman–Crippen LogP) is 1.59. The first-order valence-corrected chi connectivity index (χ1v) is 10.6. The number of ether oxygens (including phenoxy) is 2. The van der Waals surface area contributed by atoms with Gasteiger partial charge in [-0.15, -0.1) is 6.42 Å². The Hall–Kier alpha value is -1.88. The van der Waals surface area contributed by atoms with Crippen LogP contribution in [0.3, 0.4) is 0 Å². The molecule has 0 aromatic rings. The van der Waals surface area contributed by atoms with Crippen LogP contribution in [0.2, 0.25) is 0 Å². The van der Waals surface area contributed by atoms with Crippen molar-refractivity contribution in [2.24, 2.45) is 28.6 Å². The van der Waals surface area contributed by atoms with Crippen LogP contribution in [0.4, 0.5) is 4.79 Å². The van der Waals surface area contributed by atoms with Crippen molar-refractivity contribution in [2.45, 2.75) is 69.9 Å². The van der Waals surface area contributed by atoms with E-state index < -0.39 is 47.0 Å². The van der Waals surface area contributed by atoms with Crippen molar-refractivity contribution in [1.82, 2.24) is 0 Å². The molecule has 30 heavy (non-hydrogen) atoms. The third-order valence-electron chi connectivity index (χ3n) is 8.77. The minimum Gasteiger partial charge on any atom is -0.438 e. The maximum atomic E-state index is 12.7. The van der Waals surface area contributed by atoms with E-state index in [1.165, 1.54) is 7.11 Å². The fourth-order valence-electron chi connectivity index (χ4n) is 7.04. The van der Waals surface area contributed by atoms with Crippen molar-refractivity contribution in [3.05, 3.63) is 11.6 Å². The van der Waals surface area contributed by atoms with Crippen LogP contribution >= 0.6 is 0 Å². The maximum absolute atomic E-state index is 12.7. The van der Waals surface area contributed by atoms with E-state index in [9.17, 15) is 24.9 Å². The molecule has 0 heterocycles. The van der Waals surface area contributed by atoms with Crippen LogP contribution in [0.5, 0.6) is 0 Å². The first-order chi connectivity index (χ1) is 14.0. The minimum absolute atomic E-state index is 0.0206. The number of hydrogen-bond acceptors (Lipinski definition) is 7. The molecule has 7 heteroatoms. The van der Waals surface area contributed by atoms with Gasteiger partial charge in [-0.05, 0) is 42.9 Å². The molecular formula is C23H30O7. The summed E-state index contributed by atoms with van der Waals surface area (Å²) in [6.07, 6.45) is 7.14. The van der Waals surface area contributed by atoms with Gasteiger partial charge in [0.1, 0.15) is 12.2 Å². The van der Waals surface area contributed by atoms with Gasteiger partial charge < -0.3 is 24.8 Å². The molecule has 0 radical (unpaired) electrons. The Morgan fingerprint density at radius 2 is 1.97 bits per heavy atom. The van der Waals surface area contributed by atoms with Crippen LogP contribution < -0.4 is 0 Å². The summed E-state index contributed by atoms with van der Waals surface area (Å²) < 4.78 is 9.94. The lowest BCUT2D eigenvalue weighted by molar-refractivity contribution is -0.143. The molecule has 3 unspecified atom stereocenters. The zero-order valence-corrected chi connectivity index (χ0v) is 17.6. The Balaban J connectivity index is 1.70. The fraction of sp³-hybridized carbons (Fsp3) is 0.739. The molecule has 0 spiro atoms. The summed E-state index contributed by atoms with van der Waals surface area (Å²) >= 11 is 0. The second-order valence-corrected chi connectivity index (χ2v) is 9.87. The number of carbonyl (C=O) groups excluding carboxylic acids is 2. The van der Waals surface area contributed by atoms with Gasteiger partial charge in [0.05, 0.1) is 13.2 Å². The van der Waals surface area contributed by atoms with Crippen LogP contribution in [0.25, 0.3) is 0 Å². The molecule has 4 aliphatic carbocycles. The van der Waals surface area contributed by atoms with Crippen LogP contribution in [0.15, 0.2) is 11.6 Å². The topological polar surface area (TPSA) is 113 Å². The van der Waals surface area contributed by atoms with Crippen molar-refractivity contribution in [3.8, 4) is 12.3 Å². The Morgan fingerprint density at radius 1 is 1.27 bits per heavy atom. The van der Waals surface area contributed by atoms with Gasteiger partial charge in [-0.3, -0.25) is 4.79 Å². The molecule has 0 amide bonds. The molecule has 9 atom stereocenters. The summed E-state index contributed by atoms with van der Waals surface area (Å²) in [6.45, 7) is 3.91. The summed E-state index contributed by atoms with van der Waals surface area (Å²) in [7, 11) is 1.27. The Labute approximate surface area is 176 Å². The van der Waals surface area contributed by atoms with Gasteiger partial charge in [-0.1, -0.05) is 31.4 Å². The molecule has 3 saturated carbocycles. The lowest BCUT2D eigenvalue weighted by atomic mass is 9.46. The quantitative estimate of drug-likeness (QED) is 0.337. The molecular weight excluding hydrogens is 388 g/mol. The molecule has 3 fully saturated rings. The molecule has 0 bridgehead atoms. The molecule has 4 rings (SSSR count). The van der Waals surface area contributed by atoms with E-state index in [1.54, 1.807) is 13.0 Å². The Bertz CT molecular complexity index is 843. The number of aliphatic hydroxyl groups excluding tert-OH is 2. The molecule has 0 aromatic carbocycles. The largest absolute Gasteiger partial charge is 0.508 e. The second kappa shape index (κ2) is 6.81. The van der Waals surface area contributed by atoms with Crippen LogP contribution in [-0.2, 0) is 14.3 Å². The number of terminal acetylenes is 1. The van der Waals surface area contributed by atoms with E-state index in [2.05, 4.69) is 17.6 Å². The summed E-state index contributed by atoms with van der Waals surface area (Å²) in [5.74, 6) is 0.521. The average Bonchev–Trinajstić information content (AvgIpc) is 2.87. The SMILES string of the molecule is C#C[C@]1(O)C(=O)[C@@H](O)C2C3C(CC[C@@]21C)[C@@]1(C)CC[C@H](OC(=O)OC)CC1=C[C@@H]3O. The highest BCUT2D eigenvalue weighted by Crippen LogP contribution is 2.66. The average molecular weight is 418 g/mol. The summed E-state index contributed by atoms with van der Waals surface area (Å²) in [4.78, 5) is 24.3. The third kappa shape index (κ3) is 2.57. The molecule has 3 N–H and O–H groups in total. The second-order valence-electron chi connectivity index (χ2n) is 9.87. The number of carbonyl (C=O) groups is 2. The van der Waals surface area contributed by atoms with Gasteiger partial charge in [0.25, 0.3) is 0 Å². The van der Waals surface area contributed by atoms with Crippen molar-refractivity contribution in [3.63, 3.8) is 0 Å². The molecule has 0 saturated heterocycles. The van der Waals surface area contributed by atoms with Gasteiger partial charge in [-0.2, -0.15) is 0 Å². The summed E-state index contributed by atoms with van der Waals surface area (Å²) in [5, 5.41) is 32.9. The Kier molecular flexibility index (Phi) is 4.85. The fourth-order valence-corrected chi connectivity index (χ4v) is 7.04. The van der Waals surface area contributed by atoms with Gasteiger partial charge in [0.2, 0.25) is 5.78 Å². The monoisotopic (exact) mass is 418 g/mol.